The first-order chi connectivity index (χ1) is 8.31. The van der Waals surface area contributed by atoms with E-state index in [4.69, 9.17) is 9.47 Å². The van der Waals surface area contributed by atoms with Crippen LogP contribution in [0, 0.1) is 5.41 Å². The van der Waals surface area contributed by atoms with Crippen molar-refractivity contribution in [3.05, 3.63) is 23.8 Å². The van der Waals surface area contributed by atoms with Gasteiger partial charge in [0.05, 0.1) is 0 Å². The Hall–Kier alpha value is -1.22. The summed E-state index contributed by atoms with van der Waals surface area (Å²) in [5.74, 6) is 1.78. The predicted molar refractivity (Wildman–Crippen MR) is 66.5 cm³/mol. The molecule has 0 unspecified atom stereocenters. The summed E-state index contributed by atoms with van der Waals surface area (Å²) in [6.45, 7) is 1.47. The van der Waals surface area contributed by atoms with Crippen LogP contribution in [-0.2, 0) is 6.42 Å². The molecule has 0 radical (unpaired) electrons. The lowest BCUT2D eigenvalue weighted by Crippen LogP contribution is -2.40. The van der Waals surface area contributed by atoms with E-state index in [1.807, 2.05) is 13.1 Å². The maximum Gasteiger partial charge on any atom is 0.231 e. The summed E-state index contributed by atoms with van der Waals surface area (Å²) in [5.41, 5.74) is 1.84. The smallest absolute Gasteiger partial charge is 0.231 e. The van der Waals surface area contributed by atoms with Crippen molar-refractivity contribution in [1.29, 1.82) is 0 Å². The van der Waals surface area contributed by atoms with Gasteiger partial charge in [0.2, 0.25) is 6.79 Å². The Bertz CT molecular complexity index is 413. The average Bonchev–Trinajstić information content (AvgIpc) is 2.73. The van der Waals surface area contributed by atoms with Crippen molar-refractivity contribution in [2.45, 2.75) is 25.7 Å². The highest BCUT2D eigenvalue weighted by Gasteiger charge is 2.36. The van der Waals surface area contributed by atoms with Crippen molar-refractivity contribution in [3.63, 3.8) is 0 Å². The van der Waals surface area contributed by atoms with E-state index in [2.05, 4.69) is 17.4 Å². The molecule has 3 nitrogen and oxygen atoms in total. The zero-order valence-electron chi connectivity index (χ0n) is 10.3. The Morgan fingerprint density at radius 1 is 1.24 bits per heavy atom. The second kappa shape index (κ2) is 4.22. The fourth-order valence-corrected chi connectivity index (χ4v) is 2.95. The summed E-state index contributed by atoms with van der Waals surface area (Å²) < 4.78 is 10.8. The predicted octanol–water partition coefficient (Wildman–Crippen LogP) is 2.35. The molecule has 0 saturated heterocycles. The third-order valence-corrected chi connectivity index (χ3v) is 3.98. The molecule has 0 spiro atoms. The van der Waals surface area contributed by atoms with Crippen LogP contribution in [0.4, 0.5) is 0 Å². The maximum absolute atomic E-state index is 5.43. The van der Waals surface area contributed by atoms with Crippen LogP contribution in [0.15, 0.2) is 18.2 Å². The van der Waals surface area contributed by atoms with Crippen LogP contribution >= 0.6 is 0 Å². The van der Waals surface area contributed by atoms with Crippen molar-refractivity contribution in [3.8, 4) is 11.5 Å². The van der Waals surface area contributed by atoms with Crippen LogP contribution in [0.25, 0.3) is 0 Å². The molecule has 0 bridgehead atoms. The van der Waals surface area contributed by atoms with E-state index in [-0.39, 0.29) is 0 Å². The molecule has 0 atom stereocenters. The van der Waals surface area contributed by atoms with Gasteiger partial charge in [0.15, 0.2) is 11.5 Å². The molecule has 1 heterocycles. The molecule has 92 valence electrons. The van der Waals surface area contributed by atoms with E-state index in [1.165, 1.54) is 24.8 Å². The molecule has 1 saturated carbocycles. The Morgan fingerprint density at radius 3 is 2.76 bits per heavy atom. The molecule has 2 aliphatic rings. The number of rotatable bonds is 4. The summed E-state index contributed by atoms with van der Waals surface area (Å²) in [6, 6.07) is 6.34. The number of hydrogen-bond acceptors (Lipinski definition) is 3. The standard InChI is InChI=1S/C14H19NO2/c1-15-9-14(5-2-6-14)8-11-3-4-12-13(7-11)17-10-16-12/h3-4,7,15H,2,5-6,8-10H2,1H3. The number of fused-ring (bicyclic) bond motifs is 1. The number of hydrogen-bond donors (Lipinski definition) is 1. The first kappa shape index (κ1) is 10.9. The number of benzene rings is 1. The van der Waals surface area contributed by atoms with E-state index in [9.17, 15) is 0 Å². The van der Waals surface area contributed by atoms with Crippen LogP contribution in [0.1, 0.15) is 24.8 Å². The zero-order valence-corrected chi connectivity index (χ0v) is 10.3. The van der Waals surface area contributed by atoms with Crippen LogP contribution < -0.4 is 14.8 Å². The summed E-state index contributed by atoms with van der Waals surface area (Å²) >= 11 is 0. The summed E-state index contributed by atoms with van der Waals surface area (Å²) in [5, 5.41) is 3.33. The summed E-state index contributed by atoms with van der Waals surface area (Å²) in [7, 11) is 2.04. The van der Waals surface area contributed by atoms with E-state index >= 15 is 0 Å². The van der Waals surface area contributed by atoms with Gasteiger partial charge < -0.3 is 14.8 Å². The topological polar surface area (TPSA) is 30.5 Å². The molecule has 3 rings (SSSR count). The van der Waals surface area contributed by atoms with Crippen molar-refractivity contribution in [1.82, 2.24) is 5.32 Å². The van der Waals surface area contributed by atoms with Gasteiger partial charge in [-0.25, -0.2) is 0 Å². The van der Waals surface area contributed by atoms with Crippen molar-refractivity contribution in [2.75, 3.05) is 20.4 Å². The minimum Gasteiger partial charge on any atom is -0.454 e. The Kier molecular flexibility index (Phi) is 2.71. The molecule has 1 aromatic carbocycles. The Balaban J connectivity index is 1.76. The summed E-state index contributed by atoms with van der Waals surface area (Å²) in [6.07, 6.45) is 5.18. The van der Waals surface area contributed by atoms with Crippen LogP contribution in [0.5, 0.6) is 11.5 Å². The van der Waals surface area contributed by atoms with Crippen molar-refractivity contribution < 1.29 is 9.47 Å². The van der Waals surface area contributed by atoms with E-state index in [0.717, 1.165) is 24.5 Å². The van der Waals surface area contributed by atoms with Gasteiger partial charge in [0.25, 0.3) is 0 Å². The fraction of sp³-hybridized carbons (Fsp3) is 0.571. The third-order valence-electron chi connectivity index (χ3n) is 3.98. The fourth-order valence-electron chi connectivity index (χ4n) is 2.95. The monoisotopic (exact) mass is 233 g/mol. The van der Waals surface area contributed by atoms with Crippen LogP contribution in [0.2, 0.25) is 0 Å². The Morgan fingerprint density at radius 2 is 2.06 bits per heavy atom. The quantitative estimate of drug-likeness (QED) is 0.866. The first-order valence-corrected chi connectivity index (χ1v) is 6.34. The third kappa shape index (κ3) is 2.00. The molecule has 1 aromatic rings. The minimum absolute atomic E-state index is 0.362. The first-order valence-electron chi connectivity index (χ1n) is 6.34. The van der Waals surface area contributed by atoms with Gasteiger partial charge in [-0.05, 0) is 49.4 Å². The van der Waals surface area contributed by atoms with Gasteiger partial charge >= 0.3 is 0 Å². The Labute approximate surface area is 102 Å². The second-order valence-corrected chi connectivity index (χ2v) is 5.25. The molecule has 1 fully saturated rings. The van der Waals surface area contributed by atoms with Crippen LogP contribution in [-0.4, -0.2) is 20.4 Å². The molecule has 17 heavy (non-hydrogen) atoms. The molecule has 0 aromatic heterocycles. The second-order valence-electron chi connectivity index (χ2n) is 5.25. The van der Waals surface area contributed by atoms with Gasteiger partial charge in [-0.1, -0.05) is 12.5 Å². The molecular formula is C14H19NO2. The normalized spacial score (nSPS) is 20.1. The van der Waals surface area contributed by atoms with Gasteiger partial charge in [0.1, 0.15) is 0 Å². The van der Waals surface area contributed by atoms with E-state index < -0.39 is 0 Å². The highest BCUT2D eigenvalue weighted by atomic mass is 16.7. The minimum atomic E-state index is 0.362. The van der Waals surface area contributed by atoms with Gasteiger partial charge in [-0.15, -0.1) is 0 Å². The van der Waals surface area contributed by atoms with E-state index in [0.29, 0.717) is 12.2 Å². The van der Waals surface area contributed by atoms with Crippen molar-refractivity contribution in [2.24, 2.45) is 5.41 Å². The highest BCUT2D eigenvalue weighted by Crippen LogP contribution is 2.44. The lowest BCUT2D eigenvalue weighted by Gasteiger charge is -2.42. The SMILES string of the molecule is CNCC1(Cc2ccc3c(c2)OCO3)CCC1. The number of nitrogens with one attached hydrogen (secondary N) is 1. The van der Waals surface area contributed by atoms with E-state index in [1.54, 1.807) is 0 Å². The lowest BCUT2D eigenvalue weighted by atomic mass is 9.65. The molecule has 1 aliphatic carbocycles. The molecular weight excluding hydrogens is 214 g/mol. The summed E-state index contributed by atoms with van der Waals surface area (Å²) in [4.78, 5) is 0. The van der Waals surface area contributed by atoms with Gasteiger partial charge in [-0.2, -0.15) is 0 Å². The van der Waals surface area contributed by atoms with Gasteiger partial charge in [-0.3, -0.25) is 0 Å². The van der Waals surface area contributed by atoms with Crippen molar-refractivity contribution >= 4 is 0 Å². The number of ether oxygens (including phenoxy) is 2. The van der Waals surface area contributed by atoms with Gasteiger partial charge in [0, 0.05) is 6.54 Å². The van der Waals surface area contributed by atoms with Crippen LogP contribution in [0.3, 0.4) is 0 Å². The molecule has 1 N–H and O–H groups in total. The average molecular weight is 233 g/mol. The highest BCUT2D eigenvalue weighted by molar-refractivity contribution is 5.44. The largest absolute Gasteiger partial charge is 0.454 e. The maximum atomic E-state index is 5.43. The zero-order chi connectivity index (χ0) is 11.7. The molecule has 3 heteroatoms. The molecule has 1 aliphatic heterocycles. The lowest BCUT2D eigenvalue weighted by molar-refractivity contribution is 0.133. The molecule has 0 amide bonds.